The van der Waals surface area contributed by atoms with Gasteiger partial charge in [-0.15, -0.1) is 22.7 Å². The highest BCUT2D eigenvalue weighted by molar-refractivity contribution is 7.13. The number of imidazole rings is 3. The molecule has 0 aliphatic rings. The van der Waals surface area contributed by atoms with Crippen LogP contribution in [0.2, 0.25) is 10.0 Å². The van der Waals surface area contributed by atoms with Crippen molar-refractivity contribution in [1.82, 2.24) is 38.6 Å². The Bertz CT molecular complexity index is 3770. The Kier molecular flexibility index (Phi) is 15.5. The second-order valence-electron chi connectivity index (χ2n) is 17.2. The average molecular weight is 1080 g/mol. The number of nitrogens with one attached hydrogen (secondary N) is 3. The van der Waals surface area contributed by atoms with Crippen molar-refractivity contribution in [1.29, 1.82) is 0 Å². The Morgan fingerprint density at radius 3 is 1.41 bits per heavy atom. The lowest BCUT2D eigenvalue weighted by Crippen LogP contribution is -2.19. The molecule has 6 aromatic carbocycles. The van der Waals surface area contributed by atoms with Crippen LogP contribution < -0.4 is 16.0 Å². The lowest BCUT2D eigenvalue weighted by atomic mass is 10.2. The van der Waals surface area contributed by atoms with E-state index in [9.17, 15) is 14.4 Å². The van der Waals surface area contributed by atoms with Crippen molar-refractivity contribution in [3.05, 3.63) is 202 Å². The zero-order valence-electron chi connectivity index (χ0n) is 40.7. The monoisotopic (exact) mass is 1080 g/mol. The first-order valence-electron chi connectivity index (χ1n) is 23.7. The highest BCUT2D eigenvalue weighted by Gasteiger charge is 2.20. The maximum atomic E-state index is 12.6. The number of benzene rings is 6. The van der Waals surface area contributed by atoms with Gasteiger partial charge in [-0.05, 0) is 122 Å². The molecule has 6 aromatic heterocycles. The summed E-state index contributed by atoms with van der Waals surface area (Å²) in [7, 11) is 0. The Morgan fingerprint density at radius 2 is 0.961 bits per heavy atom. The minimum Gasteiger partial charge on any atom is -0.442 e. The third-order valence-electron chi connectivity index (χ3n) is 11.6. The number of para-hydroxylation sites is 6. The van der Waals surface area contributed by atoms with E-state index in [1.54, 1.807) is 70.6 Å². The lowest BCUT2D eigenvalue weighted by Gasteiger charge is -2.09. The first-order valence-corrected chi connectivity index (χ1v) is 26.2. The topological polar surface area (TPSA) is 180 Å². The fraction of sp³-hybridized carbons (Fsp3) is 0.0877. The van der Waals surface area contributed by atoms with Gasteiger partial charge in [0.1, 0.15) is 25.9 Å². The summed E-state index contributed by atoms with van der Waals surface area (Å²) >= 11 is 14.9. The molecule has 3 N–H and O–H groups in total. The van der Waals surface area contributed by atoms with Crippen molar-refractivity contribution < 1.29 is 18.8 Å². The summed E-state index contributed by atoms with van der Waals surface area (Å²) in [5.41, 5.74) is 9.50. The number of hydrogen-bond acceptors (Lipinski definition) is 11. The molecule has 0 radical (unpaired) electrons. The molecule has 0 saturated carbocycles. The maximum absolute atomic E-state index is 12.6. The number of oxazole rings is 1. The first-order chi connectivity index (χ1) is 37.0. The molecular formula is C57H45Cl2N11O4S2. The molecule has 0 unspecified atom stereocenters. The van der Waals surface area contributed by atoms with Crippen molar-refractivity contribution in [2.75, 3.05) is 16.0 Å². The largest absolute Gasteiger partial charge is 0.442 e. The molecule has 0 fully saturated rings. The van der Waals surface area contributed by atoms with Crippen LogP contribution in [0.3, 0.4) is 0 Å². The summed E-state index contributed by atoms with van der Waals surface area (Å²) in [6, 6.07) is 49.1. The van der Waals surface area contributed by atoms with Crippen molar-refractivity contribution in [2.45, 2.75) is 33.5 Å². The van der Waals surface area contributed by atoms with Gasteiger partial charge in [-0.1, -0.05) is 83.4 Å². The summed E-state index contributed by atoms with van der Waals surface area (Å²) in [5.74, 6) is 2.03. The smallest absolute Gasteiger partial charge is 0.263 e. The Balaban J connectivity index is 0.000000130. The van der Waals surface area contributed by atoms with E-state index in [0.717, 1.165) is 60.2 Å². The van der Waals surface area contributed by atoms with Crippen LogP contribution in [0.1, 0.15) is 11.3 Å². The standard InChI is InChI=1S/C20H17N3OS.C19H15ClN4OS.C18H13ClN4O2/c1-14-8-10-15(11-9-14)21-19(24)13-23-17-6-3-2-5-16(17)22-20(23)18-7-4-12-25-18;1-12-11-26-19(21-12)18-23-15-4-2-3-5-16(15)24(18)10-17(25)22-14-8-6-13(20)7-9-14;19-12-5-7-13(8-6-12)21-16(24)11-23-15-4-2-1-3-14(15)22-17(23)18-20-9-10-25-18/h2-12H,13H2,1H3,(H,21,24);2-9,11H,10H2,1H3,(H,22,25);1-10H,11H2,(H,21,24). The number of aryl methyl sites for hydroxylation is 2. The van der Waals surface area contributed by atoms with Gasteiger partial charge in [-0.3, -0.25) is 14.4 Å². The molecule has 0 atom stereocenters. The highest BCUT2D eigenvalue weighted by atomic mass is 35.5. The van der Waals surface area contributed by atoms with Crippen LogP contribution in [-0.4, -0.2) is 56.3 Å². The van der Waals surface area contributed by atoms with Crippen LogP contribution >= 0.6 is 45.9 Å². The van der Waals surface area contributed by atoms with E-state index in [2.05, 4.69) is 35.9 Å². The zero-order valence-corrected chi connectivity index (χ0v) is 43.9. The van der Waals surface area contributed by atoms with Crippen LogP contribution in [0.5, 0.6) is 0 Å². The van der Waals surface area contributed by atoms with Gasteiger partial charge in [-0.25, -0.2) is 24.9 Å². The number of thiazole rings is 1. The summed E-state index contributed by atoms with van der Waals surface area (Å²) in [4.78, 5) is 61.3. The lowest BCUT2D eigenvalue weighted by molar-refractivity contribution is -0.117. The Morgan fingerprint density at radius 1 is 0.513 bits per heavy atom. The van der Waals surface area contributed by atoms with Crippen molar-refractivity contribution in [3.63, 3.8) is 0 Å². The fourth-order valence-electron chi connectivity index (χ4n) is 8.15. The zero-order chi connectivity index (χ0) is 52.5. The maximum Gasteiger partial charge on any atom is 0.263 e. The van der Waals surface area contributed by atoms with E-state index in [-0.39, 0.29) is 37.4 Å². The second-order valence-corrected chi connectivity index (χ2v) is 19.8. The minimum absolute atomic E-state index is 0.0650. The molecule has 3 amide bonds. The number of halogens is 2. The number of carbonyl (C=O) groups is 3. The minimum atomic E-state index is -0.182. The third kappa shape index (κ3) is 12.1. The SMILES string of the molecule is Cc1ccc(NC(=O)Cn2c(-c3cccs3)nc3ccccc32)cc1.Cc1csc(-c2nc3ccccc3n2CC(=O)Nc2ccc(Cl)cc2)n1.O=C(Cn1c(-c2ncco2)nc2ccccc21)Nc1ccc(Cl)cc1. The number of rotatable bonds is 12. The number of anilines is 3. The van der Waals surface area contributed by atoms with Crippen LogP contribution in [0.15, 0.2) is 185 Å². The van der Waals surface area contributed by atoms with Crippen LogP contribution in [0.4, 0.5) is 17.1 Å². The van der Waals surface area contributed by atoms with Gasteiger partial charge < -0.3 is 34.1 Å². The number of thiophene rings is 1. The summed E-state index contributed by atoms with van der Waals surface area (Å²) in [6.45, 7) is 4.43. The second kappa shape index (κ2) is 23.2. The number of amides is 3. The van der Waals surface area contributed by atoms with Gasteiger partial charge in [0.15, 0.2) is 22.5 Å². The quantitative estimate of drug-likeness (QED) is 0.107. The van der Waals surface area contributed by atoms with Gasteiger partial charge in [0.25, 0.3) is 5.89 Å². The van der Waals surface area contributed by atoms with Crippen LogP contribution in [0, 0.1) is 13.8 Å². The molecule has 0 bridgehead atoms. The molecule has 0 aliphatic heterocycles. The normalized spacial score (nSPS) is 10.9. The van der Waals surface area contributed by atoms with Crippen molar-refractivity contribution >= 4 is 114 Å². The average Bonchev–Trinajstić information content (AvgIpc) is 4.32. The molecule has 15 nitrogen and oxygen atoms in total. The molecule has 19 heteroatoms. The highest BCUT2D eigenvalue weighted by Crippen LogP contribution is 2.30. The Hall–Kier alpha value is -8.74. The van der Waals surface area contributed by atoms with Crippen molar-refractivity contribution in [2.24, 2.45) is 0 Å². The summed E-state index contributed by atoms with van der Waals surface area (Å²) in [6.07, 6.45) is 3.03. The summed E-state index contributed by atoms with van der Waals surface area (Å²) < 4.78 is 11.0. The molecule has 0 spiro atoms. The number of carbonyl (C=O) groups excluding carboxylic acids is 3. The van der Waals surface area contributed by atoms with Gasteiger partial charge >= 0.3 is 0 Å². The van der Waals surface area contributed by atoms with E-state index in [4.69, 9.17) is 32.6 Å². The molecule has 6 heterocycles. The molecular weight excluding hydrogens is 1040 g/mol. The van der Waals surface area contributed by atoms with Gasteiger partial charge in [0.05, 0.1) is 44.2 Å². The molecule has 0 saturated heterocycles. The molecule has 0 aliphatic carbocycles. The third-order valence-corrected chi connectivity index (χ3v) is 14.0. The van der Waals surface area contributed by atoms with E-state index >= 15 is 0 Å². The van der Waals surface area contributed by atoms with Crippen LogP contribution in [-0.2, 0) is 34.0 Å². The number of aromatic nitrogens is 8. The number of fused-ring (bicyclic) bond motifs is 3. The predicted molar refractivity (Wildman–Crippen MR) is 304 cm³/mol. The predicted octanol–water partition coefficient (Wildman–Crippen LogP) is 13.5. The van der Waals surface area contributed by atoms with Crippen LogP contribution in [0.25, 0.3) is 66.3 Å². The molecule has 76 heavy (non-hydrogen) atoms. The fourth-order valence-corrected chi connectivity index (χ4v) is 9.92. The van der Waals surface area contributed by atoms with E-state index < -0.39 is 0 Å². The molecule has 12 aromatic rings. The van der Waals surface area contributed by atoms with E-state index in [0.29, 0.717) is 39.0 Å². The first kappa shape index (κ1) is 50.8. The van der Waals surface area contributed by atoms with Crippen molar-refractivity contribution in [3.8, 4) is 33.2 Å². The number of nitrogens with zero attached hydrogens (tertiary/aromatic N) is 8. The van der Waals surface area contributed by atoms with Gasteiger partial charge in [0, 0.05) is 38.2 Å². The van der Waals surface area contributed by atoms with E-state index in [1.165, 1.54) is 23.2 Å². The molecule has 12 rings (SSSR count). The number of hydrogen-bond donors (Lipinski definition) is 3. The Labute approximate surface area is 453 Å². The van der Waals surface area contributed by atoms with Gasteiger partial charge in [0.2, 0.25) is 17.7 Å². The summed E-state index contributed by atoms with van der Waals surface area (Å²) in [5, 5.41) is 14.7. The van der Waals surface area contributed by atoms with Gasteiger partial charge in [-0.2, -0.15) is 0 Å². The molecule has 378 valence electrons. The van der Waals surface area contributed by atoms with E-state index in [1.807, 2.05) is 143 Å².